The van der Waals surface area contributed by atoms with Crippen molar-refractivity contribution in [3.63, 3.8) is 0 Å². The number of hydrogen-bond acceptors (Lipinski definition) is 5. The molecule has 3 aromatic rings. The Labute approximate surface area is 213 Å². The molecule has 0 atom stereocenters. The van der Waals surface area contributed by atoms with Gasteiger partial charge in [-0.3, -0.25) is 0 Å². The van der Waals surface area contributed by atoms with Gasteiger partial charge < -0.3 is 13.8 Å². The smallest absolute Gasteiger partial charge is 0.169 e. The number of pyridine rings is 1. The molecule has 188 valence electrons. The summed E-state index contributed by atoms with van der Waals surface area (Å²) in [6.45, 7) is 5.29. The normalized spacial score (nSPS) is 11.1. The standard InChI is InChI=1S/C29H26F2N4O2/c1-19(2)6-3-4-15-36-21-11-9-20(10-12-21)26-16-22(37-34-26)17-35-14-13-25-27(18-35)33-29(32-25)23-7-5-8-24(30)28(23)31/h5-14,16,18H,3-4,15,17H2,1-2H3. The highest BCUT2D eigenvalue weighted by atomic mass is 19.2. The lowest BCUT2D eigenvalue weighted by atomic mass is 10.1. The number of allylic oxidation sites excluding steroid dienone is 2. The van der Waals surface area contributed by atoms with Gasteiger partial charge in [0.15, 0.2) is 23.2 Å². The molecule has 0 saturated carbocycles. The monoisotopic (exact) mass is 500 g/mol. The van der Waals surface area contributed by atoms with E-state index < -0.39 is 11.6 Å². The van der Waals surface area contributed by atoms with Crippen LogP contribution in [0.15, 0.2) is 83.2 Å². The van der Waals surface area contributed by atoms with E-state index in [1.807, 2.05) is 41.1 Å². The van der Waals surface area contributed by atoms with E-state index in [-0.39, 0.29) is 11.4 Å². The van der Waals surface area contributed by atoms with Gasteiger partial charge in [-0.15, -0.1) is 0 Å². The van der Waals surface area contributed by atoms with Gasteiger partial charge in [-0.05, 0) is 69.2 Å². The van der Waals surface area contributed by atoms with Gasteiger partial charge in [0.25, 0.3) is 0 Å². The zero-order valence-electron chi connectivity index (χ0n) is 20.6. The predicted molar refractivity (Wildman–Crippen MR) is 137 cm³/mol. The van der Waals surface area contributed by atoms with Crippen LogP contribution in [0.3, 0.4) is 0 Å². The van der Waals surface area contributed by atoms with E-state index in [1.54, 1.807) is 12.3 Å². The Balaban J connectivity index is 1.24. The van der Waals surface area contributed by atoms with Gasteiger partial charge in [0.1, 0.15) is 17.1 Å². The van der Waals surface area contributed by atoms with Crippen LogP contribution in [0.5, 0.6) is 5.75 Å². The van der Waals surface area contributed by atoms with E-state index in [2.05, 4.69) is 35.0 Å². The van der Waals surface area contributed by atoms with Crippen LogP contribution >= 0.6 is 0 Å². The van der Waals surface area contributed by atoms with Crippen molar-refractivity contribution in [1.82, 2.24) is 19.7 Å². The van der Waals surface area contributed by atoms with Gasteiger partial charge in [-0.1, -0.05) is 22.9 Å². The lowest BCUT2D eigenvalue weighted by Gasteiger charge is -2.06. The van der Waals surface area contributed by atoms with Crippen molar-refractivity contribution in [2.75, 3.05) is 6.61 Å². The van der Waals surface area contributed by atoms with E-state index in [0.29, 0.717) is 30.3 Å². The molecule has 0 fully saturated rings. The molecule has 8 heteroatoms. The third-order valence-corrected chi connectivity index (χ3v) is 5.84. The third-order valence-electron chi connectivity index (χ3n) is 5.84. The van der Waals surface area contributed by atoms with Crippen molar-refractivity contribution in [3.8, 4) is 39.8 Å². The number of nitrogens with zero attached hydrogens (tertiary/aromatic N) is 4. The van der Waals surface area contributed by atoms with Gasteiger partial charge in [-0.25, -0.2) is 18.7 Å². The number of aromatic nitrogens is 4. The Morgan fingerprint density at radius 2 is 1.81 bits per heavy atom. The minimum absolute atomic E-state index is 0.0303. The second-order valence-electron chi connectivity index (χ2n) is 9.01. The average molecular weight is 501 g/mol. The third kappa shape index (κ3) is 5.74. The van der Waals surface area contributed by atoms with Crippen molar-refractivity contribution < 1.29 is 18.0 Å². The first kappa shape index (κ1) is 24.4. The maximum absolute atomic E-state index is 14.2. The number of hydrogen-bond donors (Lipinski definition) is 0. The first-order valence-electron chi connectivity index (χ1n) is 12.1. The number of rotatable bonds is 9. The van der Waals surface area contributed by atoms with Crippen LogP contribution in [-0.4, -0.2) is 26.3 Å². The van der Waals surface area contributed by atoms with Crippen molar-refractivity contribution in [2.24, 2.45) is 0 Å². The van der Waals surface area contributed by atoms with Crippen molar-refractivity contribution in [3.05, 3.63) is 96.0 Å². The molecule has 2 aromatic carbocycles. The fraction of sp³-hybridized carbons (Fsp3) is 0.207. The molecule has 2 aliphatic rings. The van der Waals surface area contributed by atoms with Crippen molar-refractivity contribution in [1.29, 1.82) is 0 Å². The molecule has 0 N–H and O–H groups in total. The number of unbranched alkanes of at least 4 members (excludes halogenated alkanes) is 1. The molecular weight excluding hydrogens is 474 g/mol. The Morgan fingerprint density at radius 3 is 2.62 bits per heavy atom. The molecule has 0 amide bonds. The maximum Gasteiger partial charge on any atom is 0.169 e. The SMILES string of the molecule is CC(C)=CCCCOc1ccc(-c2cc(Cn3ccc4nc(-c5cccc(F)c5F)nc-4c3)on2)cc1. The molecule has 0 aliphatic carbocycles. The van der Waals surface area contributed by atoms with E-state index in [0.717, 1.165) is 35.9 Å². The van der Waals surface area contributed by atoms with Gasteiger partial charge in [-0.2, -0.15) is 0 Å². The predicted octanol–water partition coefficient (Wildman–Crippen LogP) is 7.16. The highest BCUT2D eigenvalue weighted by Gasteiger charge is 2.18. The van der Waals surface area contributed by atoms with Gasteiger partial charge in [0.2, 0.25) is 0 Å². The number of halogens is 2. The molecule has 0 radical (unpaired) electrons. The van der Waals surface area contributed by atoms with E-state index in [1.165, 1.54) is 17.7 Å². The van der Waals surface area contributed by atoms with Crippen LogP contribution in [0.1, 0.15) is 32.4 Å². The summed E-state index contributed by atoms with van der Waals surface area (Å²) >= 11 is 0. The maximum atomic E-state index is 14.2. The fourth-order valence-electron chi connectivity index (χ4n) is 3.94. The van der Waals surface area contributed by atoms with Crippen LogP contribution < -0.4 is 4.74 Å². The second kappa shape index (κ2) is 10.7. The van der Waals surface area contributed by atoms with Crippen LogP contribution in [0.25, 0.3) is 34.0 Å². The minimum atomic E-state index is -0.959. The average Bonchev–Trinajstić information content (AvgIpc) is 3.52. The number of fused-ring (bicyclic) bond motifs is 1. The van der Waals surface area contributed by atoms with Crippen molar-refractivity contribution in [2.45, 2.75) is 33.2 Å². The lowest BCUT2D eigenvalue weighted by molar-refractivity contribution is 0.312. The molecular formula is C29H26F2N4O2. The Morgan fingerprint density at radius 1 is 1.00 bits per heavy atom. The molecule has 5 rings (SSSR count). The minimum Gasteiger partial charge on any atom is -0.494 e. The van der Waals surface area contributed by atoms with Crippen LogP contribution in [0.2, 0.25) is 0 Å². The zero-order chi connectivity index (χ0) is 25.8. The molecule has 6 nitrogen and oxygen atoms in total. The largest absolute Gasteiger partial charge is 0.494 e. The summed E-state index contributed by atoms with van der Waals surface area (Å²) in [5.41, 5.74) is 4.16. The molecule has 37 heavy (non-hydrogen) atoms. The van der Waals surface area contributed by atoms with Crippen LogP contribution in [0.4, 0.5) is 8.78 Å². The molecule has 0 bridgehead atoms. The Bertz CT molecular complexity index is 1500. The van der Waals surface area contributed by atoms with Crippen LogP contribution in [-0.2, 0) is 6.54 Å². The Kier molecular flexibility index (Phi) is 7.07. The summed E-state index contributed by atoms with van der Waals surface area (Å²) in [6, 6.07) is 15.4. The molecule has 0 spiro atoms. The zero-order valence-corrected chi connectivity index (χ0v) is 20.6. The summed E-state index contributed by atoms with van der Waals surface area (Å²) in [7, 11) is 0. The first-order chi connectivity index (χ1) is 18.0. The number of benzene rings is 2. The molecule has 0 saturated heterocycles. The van der Waals surface area contributed by atoms with Gasteiger partial charge in [0.05, 0.1) is 24.4 Å². The second-order valence-corrected chi connectivity index (χ2v) is 9.01. The summed E-state index contributed by atoms with van der Waals surface area (Å²) in [4.78, 5) is 8.73. The lowest BCUT2D eigenvalue weighted by Crippen LogP contribution is -1.99. The summed E-state index contributed by atoms with van der Waals surface area (Å²) in [6.07, 6.45) is 7.81. The highest BCUT2D eigenvalue weighted by Crippen LogP contribution is 2.28. The molecule has 3 heterocycles. The fourth-order valence-corrected chi connectivity index (χ4v) is 3.94. The summed E-state index contributed by atoms with van der Waals surface area (Å²) in [5, 5.41) is 4.20. The van der Waals surface area contributed by atoms with Crippen molar-refractivity contribution >= 4 is 0 Å². The van der Waals surface area contributed by atoms with Gasteiger partial charge >= 0.3 is 0 Å². The molecule has 2 aliphatic heterocycles. The molecule has 1 aromatic heterocycles. The summed E-state index contributed by atoms with van der Waals surface area (Å²) < 4.78 is 41.0. The Hall–Kier alpha value is -4.33. The summed E-state index contributed by atoms with van der Waals surface area (Å²) in [5.74, 6) is -0.262. The highest BCUT2D eigenvalue weighted by molar-refractivity contribution is 5.66. The number of ether oxygens (including phenoxy) is 1. The van der Waals surface area contributed by atoms with Crippen LogP contribution in [0, 0.1) is 11.6 Å². The quantitative estimate of drug-likeness (QED) is 0.159. The van der Waals surface area contributed by atoms with E-state index in [9.17, 15) is 8.78 Å². The molecule has 0 unspecified atom stereocenters. The van der Waals surface area contributed by atoms with E-state index in [4.69, 9.17) is 9.26 Å². The van der Waals surface area contributed by atoms with Gasteiger partial charge in [0, 0.05) is 24.0 Å². The topological polar surface area (TPSA) is 66.0 Å². The number of imidazole rings is 1. The first-order valence-corrected chi connectivity index (χ1v) is 12.1. The van der Waals surface area contributed by atoms with E-state index >= 15 is 0 Å².